The Morgan fingerprint density at radius 3 is 2.16 bits per heavy atom. The molecule has 1 aliphatic rings. The summed E-state index contributed by atoms with van der Waals surface area (Å²) in [4.78, 5) is 15.5. The summed E-state index contributed by atoms with van der Waals surface area (Å²) < 4.78 is 66.8. The lowest BCUT2D eigenvalue weighted by atomic mass is 10.1. The lowest BCUT2D eigenvalue weighted by molar-refractivity contribution is -0.115. The first-order valence-electron chi connectivity index (χ1n) is 6.39. The fraction of sp³-hybridized carbons (Fsp3) is 0.0769. The van der Waals surface area contributed by atoms with Crippen LogP contribution in [0, 0.1) is 36.0 Å². The van der Waals surface area contributed by atoms with Crippen LogP contribution in [0.5, 0.6) is 0 Å². The Bertz CT molecular complexity index is 927. The summed E-state index contributed by atoms with van der Waals surface area (Å²) in [5.74, 6) is -11.3. The molecule has 1 fully saturated rings. The summed E-state index contributed by atoms with van der Waals surface area (Å²) >= 11 is 1.81. The third kappa shape index (κ3) is 3.26. The molecule has 2 aromatic rings. The van der Waals surface area contributed by atoms with Gasteiger partial charge < -0.3 is 5.32 Å². The van der Waals surface area contributed by atoms with Crippen LogP contribution in [-0.4, -0.2) is 21.3 Å². The van der Waals surface area contributed by atoms with Gasteiger partial charge in [0.1, 0.15) is 5.01 Å². The molecule has 1 aliphatic heterocycles. The van der Waals surface area contributed by atoms with Crippen LogP contribution in [0.15, 0.2) is 9.90 Å². The van der Waals surface area contributed by atoms with Gasteiger partial charge in [-0.2, -0.15) is 4.99 Å². The first-order valence-corrected chi connectivity index (χ1v) is 8.02. The van der Waals surface area contributed by atoms with E-state index in [9.17, 15) is 26.7 Å². The molecular weight excluding hydrogens is 387 g/mol. The van der Waals surface area contributed by atoms with Crippen molar-refractivity contribution in [2.45, 2.75) is 6.92 Å². The van der Waals surface area contributed by atoms with E-state index in [1.807, 2.05) is 0 Å². The average molecular weight is 392 g/mol. The van der Waals surface area contributed by atoms with Crippen LogP contribution in [0.4, 0.5) is 27.1 Å². The Labute approximate surface area is 144 Å². The zero-order valence-electron chi connectivity index (χ0n) is 12.0. The number of nitrogens with one attached hydrogen (secondary N) is 1. The van der Waals surface area contributed by atoms with E-state index < -0.39 is 40.6 Å². The number of hydrogen-bond acceptors (Lipinski definition) is 6. The van der Waals surface area contributed by atoms with Crippen molar-refractivity contribution in [2.75, 3.05) is 0 Å². The summed E-state index contributed by atoms with van der Waals surface area (Å²) in [5, 5.41) is 10.6. The highest BCUT2D eigenvalue weighted by molar-refractivity contribution is 8.18. The molecular formula is C13H5F5N4OS2. The maximum absolute atomic E-state index is 13.7. The number of carbonyl (C=O) groups is 1. The average Bonchev–Trinajstić information content (AvgIpc) is 3.13. The van der Waals surface area contributed by atoms with Gasteiger partial charge in [-0.15, -0.1) is 10.2 Å². The molecule has 0 unspecified atom stereocenters. The number of hydrogen-bond donors (Lipinski definition) is 1. The lowest BCUT2D eigenvalue weighted by Crippen LogP contribution is -2.19. The Balaban J connectivity index is 1.98. The maximum Gasteiger partial charge on any atom is 0.264 e. The van der Waals surface area contributed by atoms with Crippen molar-refractivity contribution in [3.63, 3.8) is 0 Å². The van der Waals surface area contributed by atoms with Gasteiger partial charge in [0.15, 0.2) is 28.4 Å². The predicted octanol–water partition coefficient (Wildman–Crippen LogP) is 3.43. The summed E-state index contributed by atoms with van der Waals surface area (Å²) in [6, 6.07) is 0. The van der Waals surface area contributed by atoms with Crippen LogP contribution in [0.2, 0.25) is 0 Å². The van der Waals surface area contributed by atoms with E-state index in [0.29, 0.717) is 22.8 Å². The molecule has 0 spiro atoms. The molecule has 1 aromatic carbocycles. The number of aliphatic imine (C=N–C) groups is 1. The minimum Gasteiger partial charge on any atom is -0.300 e. The van der Waals surface area contributed by atoms with E-state index in [1.165, 1.54) is 0 Å². The topological polar surface area (TPSA) is 67.2 Å². The highest BCUT2D eigenvalue weighted by Crippen LogP contribution is 2.31. The molecule has 0 bridgehead atoms. The fourth-order valence-corrected chi connectivity index (χ4v) is 3.21. The summed E-state index contributed by atoms with van der Waals surface area (Å²) in [5.41, 5.74) is -1.21. The van der Waals surface area contributed by atoms with E-state index >= 15 is 0 Å². The summed E-state index contributed by atoms with van der Waals surface area (Å²) in [7, 11) is 0. The molecule has 5 nitrogen and oxygen atoms in total. The molecule has 0 atom stereocenters. The Hall–Kier alpha value is -2.34. The van der Waals surface area contributed by atoms with Gasteiger partial charge in [-0.25, -0.2) is 22.0 Å². The van der Waals surface area contributed by atoms with Crippen LogP contribution in [0.3, 0.4) is 0 Å². The number of nitrogens with zero attached hydrogens (tertiary/aromatic N) is 3. The first kappa shape index (κ1) is 17.5. The van der Waals surface area contributed by atoms with Gasteiger partial charge >= 0.3 is 0 Å². The minimum atomic E-state index is -2.27. The van der Waals surface area contributed by atoms with Gasteiger partial charge in [0.05, 0.1) is 10.5 Å². The summed E-state index contributed by atoms with van der Waals surface area (Å²) in [6.45, 7) is 1.69. The SMILES string of the molecule is Cc1nnc(/N=C2\NC(=O)/C(=C/c3c(F)c(F)c(F)c(F)c3F)S2)s1. The minimum absolute atomic E-state index is 0.0382. The molecule has 1 saturated heterocycles. The number of carbonyl (C=O) groups excluding carboxylic acids is 1. The van der Waals surface area contributed by atoms with Gasteiger partial charge in [-0.3, -0.25) is 4.79 Å². The fourth-order valence-electron chi connectivity index (χ4n) is 1.78. The first-order chi connectivity index (χ1) is 11.8. The van der Waals surface area contributed by atoms with E-state index in [4.69, 9.17) is 0 Å². The number of halogens is 5. The molecule has 2 heterocycles. The lowest BCUT2D eigenvalue weighted by Gasteiger charge is -2.04. The van der Waals surface area contributed by atoms with Crippen molar-refractivity contribution < 1.29 is 26.7 Å². The highest BCUT2D eigenvalue weighted by Gasteiger charge is 2.29. The molecule has 1 amide bonds. The largest absolute Gasteiger partial charge is 0.300 e. The highest BCUT2D eigenvalue weighted by atomic mass is 32.2. The van der Waals surface area contributed by atoms with E-state index in [1.54, 1.807) is 6.92 Å². The number of aromatic nitrogens is 2. The predicted molar refractivity (Wildman–Crippen MR) is 81.7 cm³/mol. The van der Waals surface area contributed by atoms with Gasteiger partial charge in [-0.05, 0) is 24.8 Å². The number of thioether (sulfide) groups is 1. The number of amidine groups is 1. The van der Waals surface area contributed by atoms with E-state index in [0.717, 1.165) is 11.3 Å². The third-order valence-electron chi connectivity index (χ3n) is 2.88. The number of rotatable bonds is 2. The zero-order chi connectivity index (χ0) is 18.3. The van der Waals surface area contributed by atoms with Crippen LogP contribution >= 0.6 is 23.1 Å². The third-order valence-corrected chi connectivity index (χ3v) is 4.53. The van der Waals surface area contributed by atoms with Gasteiger partial charge in [-0.1, -0.05) is 11.3 Å². The van der Waals surface area contributed by atoms with Crippen LogP contribution in [0.25, 0.3) is 6.08 Å². The number of aryl methyl sites for hydroxylation is 1. The van der Waals surface area contributed by atoms with Gasteiger partial charge in [0, 0.05) is 0 Å². The molecule has 0 saturated carbocycles. The smallest absolute Gasteiger partial charge is 0.264 e. The monoisotopic (exact) mass is 392 g/mol. The van der Waals surface area contributed by atoms with Crippen molar-refractivity contribution in [1.29, 1.82) is 0 Å². The van der Waals surface area contributed by atoms with E-state index in [-0.39, 0.29) is 15.2 Å². The molecule has 25 heavy (non-hydrogen) atoms. The molecule has 1 N–H and O–H groups in total. The molecule has 1 aromatic heterocycles. The molecule has 0 aliphatic carbocycles. The van der Waals surface area contributed by atoms with Crippen LogP contribution in [0.1, 0.15) is 10.6 Å². The van der Waals surface area contributed by atoms with Crippen molar-refractivity contribution in [3.8, 4) is 0 Å². The van der Waals surface area contributed by atoms with Crippen LogP contribution < -0.4 is 5.32 Å². The standard InChI is InChI=1S/C13H5F5N4OS2/c1-3-21-22-13(24-3)20-12-19-11(23)5(25-12)2-4-6(14)8(16)10(18)9(17)7(4)15/h2H,1H3,(H,19,20,22,23)/b5-2-. The van der Waals surface area contributed by atoms with Crippen molar-refractivity contribution in [2.24, 2.45) is 4.99 Å². The second-order valence-corrected chi connectivity index (χ2v) is 6.76. The number of benzene rings is 1. The van der Waals surface area contributed by atoms with Crippen LogP contribution in [-0.2, 0) is 4.79 Å². The Kier molecular flexibility index (Phi) is 4.56. The second-order valence-electron chi connectivity index (χ2n) is 4.57. The van der Waals surface area contributed by atoms with Gasteiger partial charge in [0.25, 0.3) is 5.91 Å². The second kappa shape index (κ2) is 6.52. The quantitative estimate of drug-likeness (QED) is 0.368. The van der Waals surface area contributed by atoms with Gasteiger partial charge in [0.2, 0.25) is 10.9 Å². The molecule has 3 rings (SSSR count). The van der Waals surface area contributed by atoms with E-state index in [2.05, 4.69) is 20.5 Å². The van der Waals surface area contributed by atoms with Crippen molar-refractivity contribution >= 4 is 45.4 Å². The van der Waals surface area contributed by atoms with Crippen molar-refractivity contribution in [1.82, 2.24) is 15.5 Å². The molecule has 130 valence electrons. The molecule has 12 heteroatoms. The Morgan fingerprint density at radius 2 is 1.60 bits per heavy atom. The summed E-state index contributed by atoms with van der Waals surface area (Å²) in [6.07, 6.45) is 0.574. The normalized spacial score (nSPS) is 17.6. The Morgan fingerprint density at radius 1 is 1.00 bits per heavy atom. The maximum atomic E-state index is 13.7. The zero-order valence-corrected chi connectivity index (χ0v) is 13.7. The van der Waals surface area contributed by atoms with Crippen molar-refractivity contribution in [3.05, 3.63) is 44.6 Å². The molecule has 0 radical (unpaired) electrons. The number of amides is 1.